The van der Waals surface area contributed by atoms with Crippen LogP contribution in [0.5, 0.6) is 0 Å². The fourth-order valence-electron chi connectivity index (χ4n) is 9.00. The van der Waals surface area contributed by atoms with Gasteiger partial charge >= 0.3 is 5.97 Å². The molecule has 0 heterocycles. The SMILES string of the molecule is C[C@H](CCC(=O)NCC(=O)O)[C@H]1CC[C@H]2[C@@H]3[C@@H](O)C[C@H]4C[C@@H](O)CC[C@]4(C)[C@H]3CC[C@]12C. The summed E-state index contributed by atoms with van der Waals surface area (Å²) in [6.45, 7) is 6.83. The Morgan fingerprint density at radius 3 is 2.41 bits per heavy atom. The molecule has 0 saturated heterocycles. The summed E-state index contributed by atoms with van der Waals surface area (Å²) in [7, 11) is 0. The van der Waals surface area contributed by atoms with Gasteiger partial charge in [0.25, 0.3) is 0 Å². The van der Waals surface area contributed by atoms with Crippen LogP contribution in [-0.4, -0.2) is 45.9 Å². The Bertz CT molecular complexity index is 727. The van der Waals surface area contributed by atoms with Gasteiger partial charge in [0.2, 0.25) is 5.91 Å². The third-order valence-electron chi connectivity index (χ3n) is 10.7. The summed E-state index contributed by atoms with van der Waals surface area (Å²) in [5.41, 5.74) is 0.451. The van der Waals surface area contributed by atoms with Crippen molar-refractivity contribution in [2.45, 2.75) is 97.2 Å². The molecular weight excluding hydrogens is 406 g/mol. The highest BCUT2D eigenvalue weighted by molar-refractivity contribution is 5.81. The molecule has 0 unspecified atom stereocenters. The Morgan fingerprint density at radius 1 is 1.00 bits per heavy atom. The van der Waals surface area contributed by atoms with Gasteiger partial charge in [-0.3, -0.25) is 9.59 Å². The maximum absolute atomic E-state index is 12.0. The van der Waals surface area contributed by atoms with Crippen LogP contribution in [0.15, 0.2) is 0 Å². The number of aliphatic hydroxyl groups excluding tert-OH is 2. The number of aliphatic carboxylic acids is 1. The highest BCUT2D eigenvalue weighted by atomic mass is 16.4. The molecule has 0 aliphatic heterocycles. The van der Waals surface area contributed by atoms with Crippen LogP contribution in [-0.2, 0) is 9.59 Å². The monoisotopic (exact) mass is 449 g/mol. The fraction of sp³-hybridized carbons (Fsp3) is 0.923. The maximum Gasteiger partial charge on any atom is 0.322 e. The molecule has 4 rings (SSSR count). The van der Waals surface area contributed by atoms with Crippen molar-refractivity contribution in [1.82, 2.24) is 5.32 Å². The predicted octanol–water partition coefficient (Wildman–Crippen LogP) is 3.59. The molecule has 4 N–H and O–H groups in total. The van der Waals surface area contributed by atoms with Crippen molar-refractivity contribution in [2.75, 3.05) is 6.54 Å². The number of amides is 1. The predicted molar refractivity (Wildman–Crippen MR) is 122 cm³/mol. The number of nitrogens with one attached hydrogen (secondary N) is 1. The number of hydrogen-bond donors (Lipinski definition) is 4. The first-order chi connectivity index (χ1) is 15.1. The summed E-state index contributed by atoms with van der Waals surface area (Å²) in [6.07, 6.45) is 9.06. The standard InChI is InChI=1S/C26H43NO5/c1-15(4-7-22(30)27-14-23(31)32)18-5-6-19-24-20(9-11-26(18,19)3)25(2)10-8-17(28)12-16(25)13-21(24)29/h15-21,24,28-29H,4-14H2,1-3H3,(H,27,30)(H,31,32)/t15-,16-,17+,18-,19+,20+,21+,24+,25+,26-/m1/s1. The lowest BCUT2D eigenvalue weighted by atomic mass is 9.43. The summed E-state index contributed by atoms with van der Waals surface area (Å²) in [5, 5.41) is 32.8. The number of rotatable bonds is 6. The van der Waals surface area contributed by atoms with Crippen molar-refractivity contribution in [2.24, 2.45) is 46.3 Å². The van der Waals surface area contributed by atoms with E-state index in [1.54, 1.807) is 0 Å². The summed E-state index contributed by atoms with van der Waals surface area (Å²) in [6, 6.07) is 0. The molecule has 4 aliphatic carbocycles. The minimum absolute atomic E-state index is 0.177. The van der Waals surface area contributed by atoms with E-state index in [0.29, 0.717) is 41.9 Å². The molecule has 0 aromatic rings. The second-order valence-electron chi connectivity index (χ2n) is 12.1. The van der Waals surface area contributed by atoms with E-state index >= 15 is 0 Å². The highest BCUT2D eigenvalue weighted by Gasteiger charge is 2.62. The van der Waals surface area contributed by atoms with Crippen molar-refractivity contribution in [1.29, 1.82) is 0 Å². The third-order valence-corrected chi connectivity index (χ3v) is 10.7. The van der Waals surface area contributed by atoms with E-state index in [2.05, 4.69) is 26.1 Å². The molecule has 4 fully saturated rings. The molecule has 0 spiro atoms. The first-order valence-electron chi connectivity index (χ1n) is 12.9. The van der Waals surface area contributed by atoms with Crippen LogP contribution < -0.4 is 5.32 Å². The zero-order valence-corrected chi connectivity index (χ0v) is 20.1. The molecule has 182 valence electrons. The van der Waals surface area contributed by atoms with Gasteiger partial charge in [-0.2, -0.15) is 0 Å². The number of carboxylic acids is 1. The van der Waals surface area contributed by atoms with Crippen LogP contribution in [0.4, 0.5) is 0 Å². The number of carbonyl (C=O) groups excluding carboxylic acids is 1. The molecule has 0 aromatic heterocycles. The van der Waals surface area contributed by atoms with E-state index in [-0.39, 0.29) is 35.5 Å². The summed E-state index contributed by atoms with van der Waals surface area (Å²) >= 11 is 0. The van der Waals surface area contributed by atoms with Gasteiger partial charge in [-0.15, -0.1) is 0 Å². The molecule has 0 radical (unpaired) electrons. The zero-order valence-electron chi connectivity index (χ0n) is 20.1. The Hall–Kier alpha value is -1.14. The van der Waals surface area contributed by atoms with Crippen LogP contribution >= 0.6 is 0 Å². The molecule has 6 heteroatoms. The van der Waals surface area contributed by atoms with E-state index in [1.165, 1.54) is 12.8 Å². The molecule has 10 atom stereocenters. The molecule has 4 saturated carbocycles. The van der Waals surface area contributed by atoms with Gasteiger partial charge in [0.15, 0.2) is 0 Å². The minimum atomic E-state index is -1.01. The number of aliphatic hydroxyl groups is 2. The lowest BCUT2D eigenvalue weighted by Crippen LogP contribution is -2.58. The maximum atomic E-state index is 12.0. The van der Waals surface area contributed by atoms with Crippen molar-refractivity contribution in [3.63, 3.8) is 0 Å². The van der Waals surface area contributed by atoms with Crippen LogP contribution in [0.2, 0.25) is 0 Å². The molecule has 4 aliphatic rings. The summed E-state index contributed by atoms with van der Waals surface area (Å²) in [5.74, 6) is 1.66. The molecule has 6 nitrogen and oxygen atoms in total. The second-order valence-corrected chi connectivity index (χ2v) is 12.1. The van der Waals surface area contributed by atoms with Gasteiger partial charge in [-0.25, -0.2) is 0 Å². The molecule has 0 bridgehead atoms. The number of fused-ring (bicyclic) bond motifs is 5. The van der Waals surface area contributed by atoms with Gasteiger partial charge in [0.1, 0.15) is 6.54 Å². The summed E-state index contributed by atoms with van der Waals surface area (Å²) < 4.78 is 0. The second kappa shape index (κ2) is 8.90. The molecule has 0 aromatic carbocycles. The normalized spacial score (nSPS) is 46.5. The van der Waals surface area contributed by atoms with Crippen LogP contribution in [0, 0.1) is 46.3 Å². The lowest BCUT2D eigenvalue weighted by Gasteiger charge is -2.62. The van der Waals surface area contributed by atoms with E-state index in [4.69, 9.17) is 5.11 Å². The topological polar surface area (TPSA) is 107 Å². The van der Waals surface area contributed by atoms with Crippen molar-refractivity contribution >= 4 is 11.9 Å². The van der Waals surface area contributed by atoms with Gasteiger partial charge in [-0.1, -0.05) is 20.8 Å². The van der Waals surface area contributed by atoms with Gasteiger partial charge in [-0.05, 0) is 104 Å². The third kappa shape index (κ3) is 4.11. The average molecular weight is 450 g/mol. The number of hydrogen-bond acceptors (Lipinski definition) is 4. The quantitative estimate of drug-likeness (QED) is 0.496. The fourth-order valence-corrected chi connectivity index (χ4v) is 9.00. The number of carbonyl (C=O) groups is 2. The van der Waals surface area contributed by atoms with Crippen molar-refractivity contribution < 1.29 is 24.9 Å². The minimum Gasteiger partial charge on any atom is -0.480 e. The molecule has 1 amide bonds. The summed E-state index contributed by atoms with van der Waals surface area (Å²) in [4.78, 5) is 22.7. The lowest BCUT2D eigenvalue weighted by molar-refractivity contribution is -0.174. The van der Waals surface area contributed by atoms with Crippen LogP contribution in [0.1, 0.15) is 85.0 Å². The average Bonchev–Trinajstić information content (AvgIpc) is 3.09. The number of carboxylic acid groups (broad SMARTS) is 1. The highest BCUT2D eigenvalue weighted by Crippen LogP contribution is 2.68. The Balaban J connectivity index is 1.44. The largest absolute Gasteiger partial charge is 0.480 e. The van der Waals surface area contributed by atoms with Crippen LogP contribution in [0.3, 0.4) is 0 Å². The molecule has 32 heavy (non-hydrogen) atoms. The Labute approximate surface area is 192 Å². The van der Waals surface area contributed by atoms with E-state index in [0.717, 1.165) is 44.9 Å². The Morgan fingerprint density at radius 2 is 1.69 bits per heavy atom. The van der Waals surface area contributed by atoms with Gasteiger partial charge < -0.3 is 20.6 Å². The first-order valence-corrected chi connectivity index (χ1v) is 12.9. The van der Waals surface area contributed by atoms with Crippen LogP contribution in [0.25, 0.3) is 0 Å². The van der Waals surface area contributed by atoms with Gasteiger partial charge in [0.05, 0.1) is 12.2 Å². The Kier molecular flexibility index (Phi) is 6.68. The molecular formula is C26H43NO5. The zero-order chi connectivity index (χ0) is 23.3. The van der Waals surface area contributed by atoms with Gasteiger partial charge in [0, 0.05) is 6.42 Å². The van der Waals surface area contributed by atoms with Crippen molar-refractivity contribution in [3.8, 4) is 0 Å². The van der Waals surface area contributed by atoms with E-state index in [9.17, 15) is 19.8 Å². The van der Waals surface area contributed by atoms with E-state index in [1.807, 2.05) is 0 Å². The smallest absolute Gasteiger partial charge is 0.322 e. The van der Waals surface area contributed by atoms with E-state index < -0.39 is 5.97 Å². The van der Waals surface area contributed by atoms with Crippen molar-refractivity contribution in [3.05, 3.63) is 0 Å². The first kappa shape index (κ1) is 24.0.